The van der Waals surface area contributed by atoms with E-state index in [1.807, 2.05) is 18.2 Å². The monoisotopic (exact) mass is 320 g/mol. The molecule has 7 nitrogen and oxygen atoms in total. The zero-order valence-corrected chi connectivity index (χ0v) is 12.8. The van der Waals surface area contributed by atoms with Crippen molar-refractivity contribution >= 4 is 11.8 Å². The van der Waals surface area contributed by atoms with Gasteiger partial charge in [-0.3, -0.25) is 9.59 Å². The van der Waals surface area contributed by atoms with Crippen molar-refractivity contribution in [2.45, 2.75) is 31.8 Å². The number of rotatable bonds is 6. The summed E-state index contributed by atoms with van der Waals surface area (Å²) >= 11 is 0. The average molecular weight is 320 g/mol. The van der Waals surface area contributed by atoms with Gasteiger partial charge in [-0.05, 0) is 30.5 Å². The van der Waals surface area contributed by atoms with Gasteiger partial charge in [0, 0.05) is 26.1 Å². The van der Waals surface area contributed by atoms with Crippen LogP contribution < -0.4 is 14.8 Å². The van der Waals surface area contributed by atoms with Crippen LogP contribution in [0.25, 0.3) is 0 Å². The first-order chi connectivity index (χ1) is 11.2. The maximum absolute atomic E-state index is 12.2. The number of hydrogen-bond donors (Lipinski definition) is 2. The van der Waals surface area contributed by atoms with Gasteiger partial charge in [0.25, 0.3) is 0 Å². The number of likely N-dealkylation sites (tertiary alicyclic amines) is 1. The zero-order chi connectivity index (χ0) is 16.2. The number of amides is 2. The van der Waals surface area contributed by atoms with Crippen LogP contribution in [0.15, 0.2) is 18.2 Å². The zero-order valence-electron chi connectivity index (χ0n) is 12.8. The van der Waals surface area contributed by atoms with Crippen LogP contribution in [0.2, 0.25) is 0 Å². The van der Waals surface area contributed by atoms with E-state index in [0.29, 0.717) is 43.9 Å². The molecule has 2 N–H and O–H groups in total. The van der Waals surface area contributed by atoms with E-state index in [1.54, 1.807) is 4.90 Å². The maximum atomic E-state index is 12.2. The van der Waals surface area contributed by atoms with E-state index in [0.717, 1.165) is 5.56 Å². The van der Waals surface area contributed by atoms with Crippen LogP contribution >= 0.6 is 0 Å². The fraction of sp³-hybridized carbons (Fsp3) is 0.500. The number of nitrogens with zero attached hydrogens (tertiary/aromatic N) is 1. The molecule has 1 atom stereocenters. The van der Waals surface area contributed by atoms with Gasteiger partial charge in [-0.1, -0.05) is 6.07 Å². The van der Waals surface area contributed by atoms with Gasteiger partial charge in [-0.15, -0.1) is 0 Å². The topological polar surface area (TPSA) is 88.1 Å². The molecule has 2 aliphatic heterocycles. The van der Waals surface area contributed by atoms with E-state index in [9.17, 15) is 9.59 Å². The Morgan fingerprint density at radius 2 is 2.17 bits per heavy atom. The fourth-order valence-corrected chi connectivity index (χ4v) is 2.85. The molecule has 0 radical (unpaired) electrons. The van der Waals surface area contributed by atoms with E-state index in [-0.39, 0.29) is 25.2 Å². The molecule has 1 saturated heterocycles. The van der Waals surface area contributed by atoms with Crippen molar-refractivity contribution in [3.8, 4) is 11.5 Å². The molecule has 0 saturated carbocycles. The molecule has 23 heavy (non-hydrogen) atoms. The molecule has 0 unspecified atom stereocenters. The Bertz CT molecular complexity index is 604. The number of benzene rings is 1. The number of aliphatic hydroxyl groups excluding tert-OH is 1. The Balaban J connectivity index is 1.66. The molecule has 2 amide bonds. The summed E-state index contributed by atoms with van der Waals surface area (Å²) < 4.78 is 10.6. The lowest BCUT2D eigenvalue weighted by Gasteiger charge is -2.24. The summed E-state index contributed by atoms with van der Waals surface area (Å²) in [6, 6.07) is 5.08. The highest BCUT2D eigenvalue weighted by Crippen LogP contribution is 2.33. The molecular formula is C16H20N2O5. The normalized spacial score (nSPS) is 19.3. The van der Waals surface area contributed by atoms with E-state index >= 15 is 0 Å². The average Bonchev–Trinajstić information content (AvgIpc) is 3.14. The van der Waals surface area contributed by atoms with Crippen LogP contribution in [-0.2, 0) is 16.1 Å². The van der Waals surface area contributed by atoms with Crippen LogP contribution in [0.3, 0.4) is 0 Å². The molecule has 2 aliphatic rings. The summed E-state index contributed by atoms with van der Waals surface area (Å²) in [5.41, 5.74) is 0.901. The van der Waals surface area contributed by atoms with Crippen LogP contribution in [0.4, 0.5) is 0 Å². The number of fused-ring (bicyclic) bond motifs is 1. The predicted molar refractivity (Wildman–Crippen MR) is 80.8 cm³/mol. The van der Waals surface area contributed by atoms with Crippen molar-refractivity contribution in [1.29, 1.82) is 0 Å². The lowest BCUT2D eigenvalue weighted by Crippen LogP contribution is -2.44. The Kier molecular flexibility index (Phi) is 4.66. The highest BCUT2D eigenvalue weighted by molar-refractivity contribution is 5.90. The first kappa shape index (κ1) is 15.6. The summed E-state index contributed by atoms with van der Waals surface area (Å²) in [6.45, 7) is 1.02. The Hall–Kier alpha value is -2.28. The molecule has 2 heterocycles. The lowest BCUT2D eigenvalue weighted by atomic mass is 10.1. The molecule has 7 heteroatoms. The molecule has 1 aromatic rings. The third-order valence-electron chi connectivity index (χ3n) is 4.05. The van der Waals surface area contributed by atoms with Crippen molar-refractivity contribution in [2.24, 2.45) is 0 Å². The SMILES string of the molecule is O=C(NCCCO)[C@@H]1CCC(=O)N1Cc1ccc2c(c1)OCO2. The molecule has 1 fully saturated rings. The van der Waals surface area contributed by atoms with Gasteiger partial charge >= 0.3 is 0 Å². The van der Waals surface area contributed by atoms with E-state index in [2.05, 4.69) is 5.32 Å². The van der Waals surface area contributed by atoms with E-state index in [1.165, 1.54) is 0 Å². The molecule has 0 aromatic heterocycles. The lowest BCUT2D eigenvalue weighted by molar-refractivity contribution is -0.135. The van der Waals surface area contributed by atoms with Crippen molar-refractivity contribution < 1.29 is 24.2 Å². The Morgan fingerprint density at radius 1 is 1.35 bits per heavy atom. The molecule has 124 valence electrons. The number of hydrogen-bond acceptors (Lipinski definition) is 5. The molecule has 1 aromatic carbocycles. The second-order valence-electron chi connectivity index (χ2n) is 5.63. The number of carbonyl (C=O) groups is 2. The second kappa shape index (κ2) is 6.87. The van der Waals surface area contributed by atoms with E-state index < -0.39 is 6.04 Å². The predicted octanol–water partition coefficient (Wildman–Crippen LogP) is 0.405. The first-order valence-electron chi connectivity index (χ1n) is 7.75. The van der Waals surface area contributed by atoms with Crippen molar-refractivity contribution in [2.75, 3.05) is 19.9 Å². The summed E-state index contributed by atoms with van der Waals surface area (Å²) in [7, 11) is 0. The number of ether oxygens (including phenoxy) is 2. The van der Waals surface area contributed by atoms with Gasteiger partial charge in [-0.25, -0.2) is 0 Å². The van der Waals surface area contributed by atoms with Gasteiger partial charge in [-0.2, -0.15) is 0 Å². The quantitative estimate of drug-likeness (QED) is 0.741. The smallest absolute Gasteiger partial charge is 0.242 e. The van der Waals surface area contributed by atoms with Crippen LogP contribution in [0, 0.1) is 0 Å². The minimum absolute atomic E-state index is 0.0232. The van der Waals surface area contributed by atoms with Gasteiger partial charge < -0.3 is 24.8 Å². The van der Waals surface area contributed by atoms with Crippen LogP contribution in [0.5, 0.6) is 11.5 Å². The summed E-state index contributed by atoms with van der Waals surface area (Å²) in [5.74, 6) is 1.17. The van der Waals surface area contributed by atoms with Gasteiger partial charge in [0.15, 0.2) is 11.5 Å². The summed E-state index contributed by atoms with van der Waals surface area (Å²) in [5, 5.41) is 11.5. The fourth-order valence-electron chi connectivity index (χ4n) is 2.85. The van der Waals surface area contributed by atoms with Gasteiger partial charge in [0.2, 0.25) is 18.6 Å². The minimum atomic E-state index is -0.452. The van der Waals surface area contributed by atoms with Crippen molar-refractivity contribution in [3.63, 3.8) is 0 Å². The van der Waals surface area contributed by atoms with Crippen LogP contribution in [0.1, 0.15) is 24.8 Å². The van der Waals surface area contributed by atoms with E-state index in [4.69, 9.17) is 14.6 Å². The standard InChI is InChI=1S/C16H20N2O5/c19-7-1-6-17-16(21)12-3-5-15(20)18(12)9-11-2-4-13-14(8-11)23-10-22-13/h2,4,8,12,19H,1,3,5-7,9-10H2,(H,17,21)/t12-/m0/s1. The number of carbonyl (C=O) groups excluding carboxylic acids is 2. The minimum Gasteiger partial charge on any atom is -0.454 e. The van der Waals surface area contributed by atoms with Crippen molar-refractivity contribution in [3.05, 3.63) is 23.8 Å². The third-order valence-corrected chi connectivity index (χ3v) is 4.05. The van der Waals surface area contributed by atoms with Crippen LogP contribution in [-0.4, -0.2) is 47.8 Å². The largest absolute Gasteiger partial charge is 0.454 e. The molecular weight excluding hydrogens is 300 g/mol. The Morgan fingerprint density at radius 3 is 3.00 bits per heavy atom. The van der Waals surface area contributed by atoms with Gasteiger partial charge in [0.05, 0.1) is 0 Å². The molecule has 0 aliphatic carbocycles. The Labute approximate surface area is 134 Å². The second-order valence-corrected chi connectivity index (χ2v) is 5.63. The maximum Gasteiger partial charge on any atom is 0.242 e. The molecule has 0 bridgehead atoms. The molecule has 3 rings (SSSR count). The van der Waals surface area contributed by atoms with Crippen molar-refractivity contribution in [1.82, 2.24) is 10.2 Å². The summed E-state index contributed by atoms with van der Waals surface area (Å²) in [4.78, 5) is 25.9. The first-order valence-corrected chi connectivity index (χ1v) is 7.75. The summed E-state index contributed by atoms with van der Waals surface area (Å²) in [6.07, 6.45) is 1.41. The highest BCUT2D eigenvalue weighted by Gasteiger charge is 2.35. The number of nitrogens with one attached hydrogen (secondary N) is 1. The molecule has 0 spiro atoms. The third kappa shape index (κ3) is 3.39. The number of aliphatic hydroxyl groups is 1. The van der Waals surface area contributed by atoms with Gasteiger partial charge in [0.1, 0.15) is 6.04 Å². The highest BCUT2D eigenvalue weighted by atomic mass is 16.7.